The smallest absolute Gasteiger partial charge is 0.390 e. The van der Waals surface area contributed by atoms with E-state index in [1.165, 1.54) is 4.90 Å². The third kappa shape index (κ3) is 6.99. The van der Waals surface area contributed by atoms with Crippen molar-refractivity contribution in [3.8, 4) is 0 Å². The van der Waals surface area contributed by atoms with E-state index in [0.29, 0.717) is 11.4 Å². The summed E-state index contributed by atoms with van der Waals surface area (Å²) in [5.41, 5.74) is 7.72. The Morgan fingerprint density at radius 3 is 2.57 bits per heavy atom. The lowest BCUT2D eigenvalue weighted by Gasteiger charge is -2.17. The number of anilines is 2. The standard InChI is InChI=1S/C14H20F3N3O/c1-10-9-11(18)3-4-12(10)19-13(21)5-7-20(2)8-6-14(15,16)17/h3-4,9H,5-8,18H2,1-2H3,(H,19,21). The molecule has 0 unspecified atom stereocenters. The molecule has 0 aliphatic rings. The van der Waals surface area contributed by atoms with Gasteiger partial charge in [0, 0.05) is 30.9 Å². The zero-order valence-corrected chi connectivity index (χ0v) is 12.1. The first-order valence-corrected chi connectivity index (χ1v) is 6.58. The van der Waals surface area contributed by atoms with Crippen LogP contribution < -0.4 is 11.1 Å². The summed E-state index contributed by atoms with van der Waals surface area (Å²) < 4.78 is 36.2. The maximum absolute atomic E-state index is 12.1. The molecule has 0 fully saturated rings. The molecular formula is C14H20F3N3O. The van der Waals surface area contributed by atoms with Gasteiger partial charge < -0.3 is 16.0 Å². The molecule has 118 valence electrons. The van der Waals surface area contributed by atoms with Gasteiger partial charge in [0.1, 0.15) is 0 Å². The lowest BCUT2D eigenvalue weighted by atomic mass is 10.2. The van der Waals surface area contributed by atoms with E-state index in [9.17, 15) is 18.0 Å². The Balaban J connectivity index is 2.37. The highest BCUT2D eigenvalue weighted by molar-refractivity contribution is 5.91. The first-order valence-electron chi connectivity index (χ1n) is 6.58. The highest BCUT2D eigenvalue weighted by Gasteiger charge is 2.27. The third-order valence-electron chi connectivity index (χ3n) is 3.02. The predicted octanol–water partition coefficient (Wildman–Crippen LogP) is 2.79. The first kappa shape index (κ1) is 17.3. The van der Waals surface area contributed by atoms with Crippen molar-refractivity contribution in [1.29, 1.82) is 0 Å². The number of nitrogens with two attached hydrogens (primary N) is 1. The molecule has 21 heavy (non-hydrogen) atoms. The third-order valence-corrected chi connectivity index (χ3v) is 3.02. The molecule has 0 heterocycles. The summed E-state index contributed by atoms with van der Waals surface area (Å²) in [5.74, 6) is -0.235. The van der Waals surface area contributed by atoms with Gasteiger partial charge in [0.05, 0.1) is 6.42 Å². The highest BCUT2D eigenvalue weighted by atomic mass is 19.4. The van der Waals surface area contributed by atoms with Crippen LogP contribution in [-0.2, 0) is 4.79 Å². The van der Waals surface area contributed by atoms with Gasteiger partial charge in [-0.2, -0.15) is 13.2 Å². The molecule has 0 aliphatic heterocycles. The highest BCUT2D eigenvalue weighted by Crippen LogP contribution is 2.20. The quantitative estimate of drug-likeness (QED) is 0.795. The van der Waals surface area contributed by atoms with Crippen LogP contribution in [0.15, 0.2) is 18.2 Å². The van der Waals surface area contributed by atoms with Gasteiger partial charge >= 0.3 is 6.18 Å². The molecule has 1 rings (SSSR count). The number of amides is 1. The summed E-state index contributed by atoms with van der Waals surface area (Å²) in [6.45, 7) is 1.98. The lowest BCUT2D eigenvalue weighted by molar-refractivity contribution is -0.137. The van der Waals surface area contributed by atoms with Crippen molar-refractivity contribution in [2.45, 2.75) is 25.9 Å². The van der Waals surface area contributed by atoms with Crippen molar-refractivity contribution >= 4 is 17.3 Å². The van der Waals surface area contributed by atoms with Crippen molar-refractivity contribution in [2.75, 3.05) is 31.2 Å². The molecule has 1 aromatic rings. The number of rotatable bonds is 6. The molecule has 0 aromatic heterocycles. The first-order chi connectivity index (χ1) is 9.67. The average Bonchev–Trinajstić information content (AvgIpc) is 2.36. The summed E-state index contributed by atoms with van der Waals surface area (Å²) in [6.07, 6.45) is -4.90. The van der Waals surface area contributed by atoms with E-state index < -0.39 is 12.6 Å². The Labute approximate surface area is 122 Å². The molecule has 0 bridgehead atoms. The van der Waals surface area contributed by atoms with Gasteiger partial charge in [0.2, 0.25) is 5.91 Å². The van der Waals surface area contributed by atoms with Gasteiger partial charge in [-0.05, 0) is 37.7 Å². The molecule has 4 nitrogen and oxygen atoms in total. The molecule has 3 N–H and O–H groups in total. The van der Waals surface area contributed by atoms with Crippen molar-refractivity contribution < 1.29 is 18.0 Å². The van der Waals surface area contributed by atoms with E-state index in [4.69, 9.17) is 5.73 Å². The number of halogens is 3. The second-order valence-electron chi connectivity index (χ2n) is 5.04. The van der Waals surface area contributed by atoms with Crippen LogP contribution >= 0.6 is 0 Å². The summed E-state index contributed by atoms with van der Waals surface area (Å²) in [4.78, 5) is 13.3. The van der Waals surface area contributed by atoms with Crippen LogP contribution in [0.1, 0.15) is 18.4 Å². The van der Waals surface area contributed by atoms with E-state index >= 15 is 0 Å². The van der Waals surface area contributed by atoms with E-state index in [1.54, 1.807) is 25.2 Å². The van der Waals surface area contributed by atoms with Gasteiger partial charge in [-0.1, -0.05) is 0 Å². The number of nitrogens with one attached hydrogen (secondary N) is 1. The molecule has 1 amide bonds. The second kappa shape index (κ2) is 7.31. The predicted molar refractivity (Wildman–Crippen MR) is 77.0 cm³/mol. The fourth-order valence-electron chi connectivity index (χ4n) is 1.76. The van der Waals surface area contributed by atoms with E-state index in [2.05, 4.69) is 5.32 Å². The molecule has 0 atom stereocenters. The summed E-state index contributed by atoms with van der Waals surface area (Å²) >= 11 is 0. The molecule has 0 aliphatic carbocycles. The monoisotopic (exact) mass is 303 g/mol. The number of nitrogen functional groups attached to an aromatic ring is 1. The number of hydrogen-bond acceptors (Lipinski definition) is 3. The zero-order chi connectivity index (χ0) is 16.0. The van der Waals surface area contributed by atoms with Crippen LogP contribution in [0.4, 0.5) is 24.5 Å². The van der Waals surface area contributed by atoms with Crippen LogP contribution in [0.5, 0.6) is 0 Å². The zero-order valence-electron chi connectivity index (χ0n) is 12.1. The van der Waals surface area contributed by atoms with Gasteiger partial charge in [-0.25, -0.2) is 0 Å². The van der Waals surface area contributed by atoms with Gasteiger partial charge in [0.15, 0.2) is 0 Å². The second-order valence-corrected chi connectivity index (χ2v) is 5.04. The fraction of sp³-hybridized carbons (Fsp3) is 0.500. The number of nitrogens with zero attached hydrogens (tertiary/aromatic N) is 1. The normalized spacial score (nSPS) is 11.7. The van der Waals surface area contributed by atoms with Crippen LogP contribution in [0.3, 0.4) is 0 Å². The van der Waals surface area contributed by atoms with Crippen molar-refractivity contribution in [1.82, 2.24) is 4.90 Å². The lowest BCUT2D eigenvalue weighted by Crippen LogP contribution is -2.28. The Bertz CT molecular complexity index is 489. The number of alkyl halides is 3. The summed E-state index contributed by atoms with van der Waals surface area (Å²) in [7, 11) is 1.56. The topological polar surface area (TPSA) is 58.4 Å². The summed E-state index contributed by atoms with van der Waals surface area (Å²) in [6, 6.07) is 5.12. The van der Waals surface area contributed by atoms with Crippen LogP contribution in [0.25, 0.3) is 0 Å². The Morgan fingerprint density at radius 1 is 1.33 bits per heavy atom. The average molecular weight is 303 g/mol. The number of carbonyl (C=O) groups is 1. The summed E-state index contributed by atoms with van der Waals surface area (Å²) in [5, 5.41) is 2.72. The van der Waals surface area contributed by atoms with Crippen molar-refractivity contribution in [3.05, 3.63) is 23.8 Å². The minimum Gasteiger partial charge on any atom is -0.399 e. The van der Waals surface area contributed by atoms with Crippen LogP contribution in [0.2, 0.25) is 0 Å². The molecule has 0 saturated carbocycles. The largest absolute Gasteiger partial charge is 0.399 e. The molecular weight excluding hydrogens is 283 g/mol. The molecule has 1 aromatic carbocycles. The van der Waals surface area contributed by atoms with Crippen molar-refractivity contribution in [2.24, 2.45) is 0 Å². The van der Waals surface area contributed by atoms with Gasteiger partial charge in [-0.3, -0.25) is 4.79 Å². The number of carbonyl (C=O) groups excluding carboxylic acids is 1. The molecule has 0 spiro atoms. The minimum absolute atomic E-state index is 0.113. The van der Waals surface area contributed by atoms with Crippen molar-refractivity contribution in [3.63, 3.8) is 0 Å². The molecule has 0 radical (unpaired) electrons. The van der Waals surface area contributed by atoms with Crippen LogP contribution in [-0.4, -0.2) is 37.1 Å². The van der Waals surface area contributed by atoms with Crippen LogP contribution in [0, 0.1) is 6.92 Å². The number of aryl methyl sites for hydroxylation is 1. The Morgan fingerprint density at radius 2 is 2.00 bits per heavy atom. The van der Waals surface area contributed by atoms with E-state index in [1.807, 2.05) is 6.92 Å². The Kier molecular flexibility index (Phi) is 6.02. The molecule has 7 heteroatoms. The number of benzene rings is 1. The fourth-order valence-corrected chi connectivity index (χ4v) is 1.76. The number of hydrogen-bond donors (Lipinski definition) is 2. The minimum atomic E-state index is -4.17. The molecule has 0 saturated heterocycles. The van der Waals surface area contributed by atoms with Gasteiger partial charge in [-0.15, -0.1) is 0 Å². The maximum Gasteiger partial charge on any atom is 0.390 e. The van der Waals surface area contributed by atoms with E-state index in [-0.39, 0.29) is 25.4 Å². The Hall–Kier alpha value is -1.76. The van der Waals surface area contributed by atoms with E-state index in [0.717, 1.165) is 5.56 Å². The SMILES string of the molecule is Cc1cc(N)ccc1NC(=O)CCN(C)CCC(F)(F)F. The van der Waals surface area contributed by atoms with Gasteiger partial charge in [0.25, 0.3) is 0 Å². The maximum atomic E-state index is 12.1.